The van der Waals surface area contributed by atoms with Crippen molar-refractivity contribution in [2.75, 3.05) is 19.0 Å². The summed E-state index contributed by atoms with van der Waals surface area (Å²) in [6.45, 7) is 2.73. The van der Waals surface area contributed by atoms with E-state index in [-0.39, 0.29) is 0 Å². The lowest BCUT2D eigenvalue weighted by molar-refractivity contribution is 0.0575. The number of anilines is 1. The maximum absolute atomic E-state index is 11.2. The number of hydrogen-bond acceptors (Lipinski definition) is 3. The van der Waals surface area contributed by atoms with Gasteiger partial charge in [-0.15, -0.1) is 0 Å². The highest BCUT2D eigenvalue weighted by Crippen LogP contribution is 2.34. The molecule has 0 amide bonds. The Morgan fingerprint density at radius 1 is 0.966 bits per heavy atom. The Bertz CT molecular complexity index is 1130. The number of aliphatic hydroxyl groups is 1. The Hall–Kier alpha value is -2.02. The summed E-state index contributed by atoms with van der Waals surface area (Å²) in [4.78, 5) is 0. The average Bonchev–Trinajstić information content (AvgIpc) is 2.98. The number of benzene rings is 3. The van der Waals surface area contributed by atoms with Crippen molar-refractivity contribution in [3.63, 3.8) is 0 Å². The first-order valence-electron chi connectivity index (χ1n) is 9.34. The monoisotopic (exact) mass is 516 g/mol. The molecular formula is C23H22Br2N2O2. The van der Waals surface area contributed by atoms with E-state index in [0.29, 0.717) is 13.1 Å². The van der Waals surface area contributed by atoms with E-state index < -0.39 is 5.60 Å². The van der Waals surface area contributed by atoms with Crippen molar-refractivity contribution < 1.29 is 9.84 Å². The second-order valence-electron chi connectivity index (χ2n) is 7.49. The number of ether oxygens (including phenoxy) is 1. The van der Waals surface area contributed by atoms with Gasteiger partial charge in [0.25, 0.3) is 0 Å². The zero-order valence-electron chi connectivity index (χ0n) is 16.2. The molecule has 0 bridgehead atoms. The van der Waals surface area contributed by atoms with Crippen molar-refractivity contribution in [1.29, 1.82) is 0 Å². The third-order valence-electron chi connectivity index (χ3n) is 5.03. The highest BCUT2D eigenvalue weighted by Gasteiger charge is 2.24. The summed E-state index contributed by atoms with van der Waals surface area (Å²) in [5, 5.41) is 16.8. The molecule has 0 saturated heterocycles. The van der Waals surface area contributed by atoms with Crippen LogP contribution in [0.4, 0.5) is 5.69 Å². The molecule has 0 aliphatic carbocycles. The molecule has 0 radical (unpaired) electrons. The van der Waals surface area contributed by atoms with E-state index >= 15 is 0 Å². The topological polar surface area (TPSA) is 46.4 Å². The summed E-state index contributed by atoms with van der Waals surface area (Å²) in [6, 6.07) is 20.2. The lowest BCUT2D eigenvalue weighted by Crippen LogP contribution is -2.38. The fraction of sp³-hybridized carbons (Fsp3) is 0.217. The highest BCUT2D eigenvalue weighted by atomic mass is 79.9. The van der Waals surface area contributed by atoms with Gasteiger partial charge in [-0.05, 0) is 55.5 Å². The van der Waals surface area contributed by atoms with E-state index in [4.69, 9.17) is 4.74 Å². The van der Waals surface area contributed by atoms with Crippen molar-refractivity contribution in [3.8, 4) is 5.75 Å². The Morgan fingerprint density at radius 2 is 1.59 bits per heavy atom. The highest BCUT2D eigenvalue weighted by molar-refractivity contribution is 9.10. The third kappa shape index (κ3) is 4.29. The van der Waals surface area contributed by atoms with Gasteiger partial charge in [-0.2, -0.15) is 0 Å². The van der Waals surface area contributed by atoms with Crippen LogP contribution in [0.15, 0.2) is 69.6 Å². The van der Waals surface area contributed by atoms with Gasteiger partial charge >= 0.3 is 0 Å². The third-order valence-corrected chi connectivity index (χ3v) is 6.02. The summed E-state index contributed by atoms with van der Waals surface area (Å²) in [6.07, 6.45) is 0. The quantitative estimate of drug-likeness (QED) is 0.320. The number of hydrogen-bond donors (Lipinski definition) is 2. The van der Waals surface area contributed by atoms with Gasteiger partial charge in [-0.3, -0.25) is 0 Å². The Balaban J connectivity index is 1.66. The Kier molecular flexibility index (Phi) is 5.60. The van der Waals surface area contributed by atoms with Crippen LogP contribution in [0.5, 0.6) is 5.75 Å². The lowest BCUT2D eigenvalue weighted by atomic mass is 10.1. The van der Waals surface area contributed by atoms with Gasteiger partial charge in [-0.1, -0.05) is 37.9 Å². The van der Waals surface area contributed by atoms with E-state index in [0.717, 1.165) is 42.2 Å². The van der Waals surface area contributed by atoms with E-state index in [9.17, 15) is 5.11 Å². The number of nitrogens with zero attached hydrogens (tertiary/aromatic N) is 1. The first-order chi connectivity index (χ1) is 13.9. The smallest absolute Gasteiger partial charge is 0.120 e. The maximum atomic E-state index is 11.2. The zero-order chi connectivity index (χ0) is 20.6. The molecule has 1 atom stereocenters. The van der Waals surface area contributed by atoms with Gasteiger partial charge in [0.05, 0.1) is 19.3 Å². The van der Waals surface area contributed by atoms with Crippen molar-refractivity contribution >= 4 is 59.4 Å². The van der Waals surface area contributed by atoms with E-state index in [2.05, 4.69) is 66.0 Å². The van der Waals surface area contributed by atoms with Gasteiger partial charge in [-0.25, -0.2) is 0 Å². The van der Waals surface area contributed by atoms with Crippen LogP contribution in [0.2, 0.25) is 0 Å². The van der Waals surface area contributed by atoms with Crippen LogP contribution >= 0.6 is 31.9 Å². The van der Waals surface area contributed by atoms with Crippen LogP contribution < -0.4 is 10.1 Å². The summed E-state index contributed by atoms with van der Waals surface area (Å²) >= 11 is 7.16. The molecule has 1 heterocycles. The van der Waals surface area contributed by atoms with Crippen molar-refractivity contribution in [1.82, 2.24) is 4.57 Å². The molecule has 150 valence electrons. The second kappa shape index (κ2) is 8.01. The molecule has 29 heavy (non-hydrogen) atoms. The van der Waals surface area contributed by atoms with Crippen LogP contribution in [-0.4, -0.2) is 28.9 Å². The fourth-order valence-electron chi connectivity index (χ4n) is 3.64. The largest absolute Gasteiger partial charge is 0.497 e. The van der Waals surface area contributed by atoms with E-state index in [1.165, 1.54) is 0 Å². The van der Waals surface area contributed by atoms with Crippen LogP contribution in [-0.2, 0) is 6.54 Å². The molecule has 0 aliphatic heterocycles. The number of aromatic nitrogens is 1. The molecule has 0 saturated carbocycles. The summed E-state index contributed by atoms with van der Waals surface area (Å²) in [5.74, 6) is 0.785. The molecule has 1 aromatic heterocycles. The molecule has 6 heteroatoms. The van der Waals surface area contributed by atoms with Crippen molar-refractivity contribution in [2.24, 2.45) is 0 Å². The molecule has 2 N–H and O–H groups in total. The van der Waals surface area contributed by atoms with Gasteiger partial charge in [0.1, 0.15) is 5.75 Å². The van der Waals surface area contributed by atoms with Crippen molar-refractivity contribution in [2.45, 2.75) is 19.1 Å². The number of halogens is 2. The fourth-order valence-corrected chi connectivity index (χ4v) is 4.36. The normalized spacial score (nSPS) is 13.6. The molecule has 1 unspecified atom stereocenters. The summed E-state index contributed by atoms with van der Waals surface area (Å²) in [5.41, 5.74) is 2.16. The Labute approximate surface area is 186 Å². The zero-order valence-corrected chi connectivity index (χ0v) is 19.4. The summed E-state index contributed by atoms with van der Waals surface area (Å²) < 4.78 is 9.54. The van der Waals surface area contributed by atoms with Gasteiger partial charge in [0, 0.05) is 49.0 Å². The van der Waals surface area contributed by atoms with Crippen LogP contribution in [0.3, 0.4) is 0 Å². The predicted molar refractivity (Wildman–Crippen MR) is 127 cm³/mol. The minimum absolute atomic E-state index is 0.411. The van der Waals surface area contributed by atoms with Gasteiger partial charge < -0.3 is 19.7 Å². The van der Waals surface area contributed by atoms with E-state index in [1.807, 2.05) is 43.3 Å². The van der Waals surface area contributed by atoms with Gasteiger partial charge in [0.15, 0.2) is 0 Å². The molecule has 0 spiro atoms. The van der Waals surface area contributed by atoms with Crippen LogP contribution in [0, 0.1) is 0 Å². The molecule has 0 fully saturated rings. The molecule has 4 aromatic rings. The summed E-state index contributed by atoms with van der Waals surface area (Å²) in [7, 11) is 1.65. The molecule has 3 aromatic carbocycles. The van der Waals surface area contributed by atoms with Crippen molar-refractivity contribution in [3.05, 3.63) is 69.6 Å². The van der Waals surface area contributed by atoms with Crippen LogP contribution in [0.25, 0.3) is 21.8 Å². The molecule has 4 rings (SSSR count). The molecule has 0 aliphatic rings. The number of methoxy groups -OCH3 is 1. The standard InChI is InChI=1S/C23H22Br2N2O2/c1-23(28,13-26-17-4-3-5-18(12-17)29-2)14-27-21-8-6-15(24)10-19(21)20-11-16(25)7-9-22(20)27/h3-12,26,28H,13-14H2,1-2H3. The first-order valence-corrected chi connectivity index (χ1v) is 10.9. The Morgan fingerprint density at radius 3 is 2.17 bits per heavy atom. The van der Waals surface area contributed by atoms with E-state index in [1.54, 1.807) is 7.11 Å². The maximum Gasteiger partial charge on any atom is 0.120 e. The molecular weight excluding hydrogens is 496 g/mol. The average molecular weight is 518 g/mol. The number of rotatable bonds is 6. The van der Waals surface area contributed by atoms with Crippen LogP contribution in [0.1, 0.15) is 6.92 Å². The SMILES string of the molecule is COc1cccc(NCC(C)(O)Cn2c3ccc(Br)cc3c3cc(Br)ccc32)c1. The first kappa shape index (κ1) is 20.3. The minimum Gasteiger partial charge on any atom is -0.497 e. The predicted octanol–water partition coefficient (Wildman–Crippen LogP) is 6.19. The molecule has 4 nitrogen and oxygen atoms in total. The minimum atomic E-state index is -0.956. The second-order valence-corrected chi connectivity index (χ2v) is 9.32. The number of fused-ring (bicyclic) bond motifs is 3. The number of nitrogens with one attached hydrogen (secondary N) is 1. The van der Waals surface area contributed by atoms with Gasteiger partial charge in [0.2, 0.25) is 0 Å². The lowest BCUT2D eigenvalue weighted by Gasteiger charge is -2.26.